The molecule has 1 aliphatic rings. The zero-order valence-electron chi connectivity index (χ0n) is 18.0. The molecule has 1 N–H and O–H groups in total. The van der Waals surface area contributed by atoms with E-state index in [1.165, 1.54) is 0 Å². The van der Waals surface area contributed by atoms with E-state index in [1.807, 2.05) is 41.5 Å². The van der Waals surface area contributed by atoms with E-state index < -0.39 is 28.1 Å². The summed E-state index contributed by atoms with van der Waals surface area (Å²) in [7, 11) is 0. The molecule has 3 unspecified atom stereocenters. The van der Waals surface area contributed by atoms with Gasteiger partial charge in [0.15, 0.2) is 0 Å². The number of carbonyl (C=O) groups excluding carboxylic acids is 3. The van der Waals surface area contributed by atoms with E-state index in [0.29, 0.717) is 0 Å². The third-order valence-electron chi connectivity index (χ3n) is 7.56. The first kappa shape index (κ1) is 21.9. The van der Waals surface area contributed by atoms with Gasteiger partial charge in [0.25, 0.3) is 0 Å². The highest BCUT2D eigenvalue weighted by molar-refractivity contribution is 6.05. The van der Waals surface area contributed by atoms with Gasteiger partial charge in [0.05, 0.1) is 11.8 Å². The van der Waals surface area contributed by atoms with Crippen LogP contribution in [0.3, 0.4) is 0 Å². The lowest BCUT2D eigenvalue weighted by Gasteiger charge is -2.59. The average molecular weight is 352 g/mol. The summed E-state index contributed by atoms with van der Waals surface area (Å²) < 4.78 is 0. The third kappa shape index (κ3) is 3.06. The third-order valence-corrected chi connectivity index (χ3v) is 7.56. The van der Waals surface area contributed by atoms with Gasteiger partial charge in [-0.25, -0.2) is 0 Å². The van der Waals surface area contributed by atoms with Crippen molar-refractivity contribution in [3.8, 4) is 0 Å². The Morgan fingerprint density at radius 2 is 1.16 bits per heavy atom. The second-order valence-electron chi connectivity index (χ2n) is 11.1. The largest absolute Gasteiger partial charge is 0.303 e. The molecular weight excluding hydrogens is 314 g/mol. The van der Waals surface area contributed by atoms with Crippen molar-refractivity contribution in [1.82, 2.24) is 5.32 Å². The number of aldehydes is 1. The smallest absolute Gasteiger partial charge is 0.231 e. The monoisotopic (exact) mass is 351 g/mol. The van der Waals surface area contributed by atoms with Gasteiger partial charge in [-0.15, -0.1) is 0 Å². The molecule has 4 heteroatoms. The molecule has 0 aromatic rings. The number of amides is 2. The van der Waals surface area contributed by atoms with Crippen LogP contribution in [0.15, 0.2) is 0 Å². The Morgan fingerprint density at radius 1 is 0.760 bits per heavy atom. The van der Waals surface area contributed by atoms with E-state index in [9.17, 15) is 14.4 Å². The van der Waals surface area contributed by atoms with Crippen LogP contribution in [0.2, 0.25) is 0 Å². The molecule has 0 spiro atoms. The van der Waals surface area contributed by atoms with E-state index >= 15 is 0 Å². The fraction of sp³-hybridized carbons (Fsp3) is 0.857. The predicted molar refractivity (Wildman–Crippen MR) is 101 cm³/mol. The normalized spacial score (nSPS) is 25.6. The highest BCUT2D eigenvalue weighted by Crippen LogP contribution is 2.62. The quantitative estimate of drug-likeness (QED) is 0.609. The Balaban J connectivity index is 3.60. The summed E-state index contributed by atoms with van der Waals surface area (Å²) in [5, 5.41) is 2.54. The van der Waals surface area contributed by atoms with Gasteiger partial charge in [0, 0.05) is 5.41 Å². The molecular formula is C21H37NO3. The number of carbonyl (C=O) groups is 3. The second-order valence-corrected chi connectivity index (χ2v) is 11.1. The van der Waals surface area contributed by atoms with Crippen molar-refractivity contribution in [2.75, 3.05) is 0 Å². The maximum atomic E-state index is 12.8. The van der Waals surface area contributed by atoms with Crippen molar-refractivity contribution >= 4 is 18.1 Å². The van der Waals surface area contributed by atoms with Gasteiger partial charge in [0.1, 0.15) is 6.29 Å². The Morgan fingerprint density at radius 3 is 1.48 bits per heavy atom. The molecule has 1 heterocycles. The van der Waals surface area contributed by atoms with Crippen LogP contribution in [0.1, 0.15) is 76.2 Å². The van der Waals surface area contributed by atoms with Crippen molar-refractivity contribution < 1.29 is 14.4 Å². The molecule has 144 valence electrons. The number of nitrogens with one attached hydrogen (secondary N) is 1. The molecule has 1 fully saturated rings. The number of rotatable bonds is 4. The van der Waals surface area contributed by atoms with Gasteiger partial charge >= 0.3 is 0 Å². The first-order valence-electron chi connectivity index (χ1n) is 9.17. The summed E-state index contributed by atoms with van der Waals surface area (Å²) in [6.07, 6.45) is 1.04. The number of hydrogen-bond acceptors (Lipinski definition) is 3. The standard InChI is InChI=1S/C21H37NO3/c1-17(2,3)13-14(16(25)22-15(13)24)19(7,8)20(9,10)21(11,12-23)18(4,5)6/h12-14H,1-11H3,(H,22,24,25). The Labute approximate surface area is 153 Å². The molecule has 0 radical (unpaired) electrons. The summed E-state index contributed by atoms with van der Waals surface area (Å²) in [6, 6.07) is 0. The van der Waals surface area contributed by atoms with E-state index in [0.717, 1.165) is 6.29 Å². The molecule has 1 aliphatic heterocycles. The highest BCUT2D eigenvalue weighted by Gasteiger charge is 2.63. The molecule has 0 aliphatic carbocycles. The zero-order chi connectivity index (χ0) is 20.2. The van der Waals surface area contributed by atoms with Crippen LogP contribution in [0, 0.1) is 38.9 Å². The lowest BCUT2D eigenvalue weighted by Crippen LogP contribution is -2.58. The van der Waals surface area contributed by atoms with Crippen LogP contribution in [0.25, 0.3) is 0 Å². The fourth-order valence-electron chi connectivity index (χ4n) is 4.54. The van der Waals surface area contributed by atoms with Crippen LogP contribution in [-0.2, 0) is 14.4 Å². The maximum Gasteiger partial charge on any atom is 0.231 e. The van der Waals surface area contributed by atoms with E-state index in [1.54, 1.807) is 0 Å². The minimum Gasteiger partial charge on any atom is -0.303 e. The first-order valence-corrected chi connectivity index (χ1v) is 9.17. The number of hydrogen-bond donors (Lipinski definition) is 1. The zero-order valence-corrected chi connectivity index (χ0v) is 18.0. The van der Waals surface area contributed by atoms with Gasteiger partial charge in [-0.1, -0.05) is 76.2 Å². The molecule has 3 atom stereocenters. The highest BCUT2D eigenvalue weighted by atomic mass is 16.2. The summed E-state index contributed by atoms with van der Waals surface area (Å²) >= 11 is 0. The minimum absolute atomic E-state index is 0.199. The lowest BCUT2D eigenvalue weighted by atomic mass is 9.43. The molecule has 0 aromatic carbocycles. The van der Waals surface area contributed by atoms with Gasteiger partial charge in [0.2, 0.25) is 11.8 Å². The van der Waals surface area contributed by atoms with E-state index in [-0.39, 0.29) is 22.6 Å². The summed E-state index contributed by atoms with van der Waals surface area (Å²) in [5.74, 6) is -1.30. The van der Waals surface area contributed by atoms with Crippen molar-refractivity contribution in [2.24, 2.45) is 38.9 Å². The topological polar surface area (TPSA) is 63.2 Å². The summed E-state index contributed by atoms with van der Waals surface area (Å²) in [4.78, 5) is 37.5. The average Bonchev–Trinajstić information content (AvgIpc) is 2.70. The van der Waals surface area contributed by atoms with Crippen LogP contribution in [0.5, 0.6) is 0 Å². The maximum absolute atomic E-state index is 12.8. The SMILES string of the molecule is CC(C)(C)C1C(=O)NC(=O)C1C(C)(C)C(C)(C)C(C)(C=O)C(C)(C)C. The van der Waals surface area contributed by atoms with E-state index in [2.05, 4.69) is 39.9 Å². The van der Waals surface area contributed by atoms with Crippen molar-refractivity contribution in [1.29, 1.82) is 0 Å². The molecule has 25 heavy (non-hydrogen) atoms. The Bertz CT molecular complexity index is 575. The summed E-state index contributed by atoms with van der Waals surface area (Å²) in [5.41, 5.74) is -2.38. The van der Waals surface area contributed by atoms with Crippen LogP contribution in [0.4, 0.5) is 0 Å². The van der Waals surface area contributed by atoms with E-state index in [4.69, 9.17) is 0 Å². The lowest BCUT2D eigenvalue weighted by molar-refractivity contribution is -0.160. The van der Waals surface area contributed by atoms with Crippen LogP contribution >= 0.6 is 0 Å². The Kier molecular flexibility index (Phi) is 5.17. The van der Waals surface area contributed by atoms with Gasteiger partial charge in [-0.3, -0.25) is 14.9 Å². The minimum atomic E-state index is -0.669. The first-order chi connectivity index (χ1) is 10.9. The second kappa shape index (κ2) is 5.92. The molecule has 0 saturated carbocycles. The predicted octanol–water partition coefficient (Wildman–Crippen LogP) is 4.23. The van der Waals surface area contributed by atoms with Crippen molar-refractivity contribution in [3.63, 3.8) is 0 Å². The van der Waals surface area contributed by atoms with Gasteiger partial charge < -0.3 is 4.79 Å². The van der Waals surface area contributed by atoms with Crippen LogP contribution < -0.4 is 5.32 Å². The number of imide groups is 1. The molecule has 0 aromatic heterocycles. The van der Waals surface area contributed by atoms with Crippen molar-refractivity contribution in [2.45, 2.75) is 76.2 Å². The van der Waals surface area contributed by atoms with Gasteiger partial charge in [-0.2, -0.15) is 0 Å². The molecule has 2 amide bonds. The molecule has 1 rings (SSSR count). The van der Waals surface area contributed by atoms with Crippen molar-refractivity contribution in [3.05, 3.63) is 0 Å². The Hall–Kier alpha value is -1.19. The molecule has 0 bridgehead atoms. The van der Waals surface area contributed by atoms with Crippen LogP contribution in [-0.4, -0.2) is 18.1 Å². The fourth-order valence-corrected chi connectivity index (χ4v) is 4.54. The molecule has 1 saturated heterocycles. The summed E-state index contributed by atoms with van der Waals surface area (Å²) in [6.45, 7) is 22.3. The van der Waals surface area contributed by atoms with Gasteiger partial charge in [-0.05, 0) is 21.7 Å². The molecule has 4 nitrogen and oxygen atoms in total.